The van der Waals surface area contributed by atoms with Crippen LogP contribution in [0.5, 0.6) is 0 Å². The minimum Gasteiger partial charge on any atom is -0.341 e. The Morgan fingerprint density at radius 2 is 2.27 bits per heavy atom. The van der Waals surface area contributed by atoms with Crippen molar-refractivity contribution in [2.75, 3.05) is 6.54 Å². The molecule has 3 heteroatoms. The molecule has 0 bridgehead atoms. The second-order valence-electron chi connectivity index (χ2n) is 3.05. The molecule has 1 amide bonds. The number of aryl methyl sites for hydroxylation is 1. The topological polar surface area (TPSA) is 29.1 Å². The Labute approximate surface area is 98.2 Å². The molecule has 1 rings (SSSR count). The molecule has 1 aromatic rings. The van der Waals surface area contributed by atoms with Gasteiger partial charge in [-0.15, -0.1) is 5.92 Å². The molecule has 0 saturated carbocycles. The van der Waals surface area contributed by atoms with E-state index in [9.17, 15) is 4.79 Å². The van der Waals surface area contributed by atoms with Gasteiger partial charge in [-0.25, -0.2) is 0 Å². The summed E-state index contributed by atoms with van der Waals surface area (Å²) in [5, 5.41) is 2.73. The Morgan fingerprint density at radius 3 is 2.93 bits per heavy atom. The van der Waals surface area contributed by atoms with Gasteiger partial charge in [0.05, 0.1) is 12.1 Å². The number of benzene rings is 1. The number of hydrogen-bond acceptors (Lipinski definition) is 1. The van der Waals surface area contributed by atoms with Crippen LogP contribution in [0.25, 0.3) is 0 Å². The van der Waals surface area contributed by atoms with Crippen molar-refractivity contribution in [3.8, 4) is 11.8 Å². The molecule has 2 nitrogen and oxygen atoms in total. The van der Waals surface area contributed by atoms with Crippen LogP contribution in [-0.4, -0.2) is 12.5 Å². The molecule has 0 saturated heterocycles. The number of carbonyl (C=O) groups excluding carboxylic acids is 1. The van der Waals surface area contributed by atoms with E-state index in [0.29, 0.717) is 12.1 Å². The Kier molecular flexibility index (Phi) is 4.38. The first-order valence-electron chi connectivity index (χ1n) is 4.59. The highest BCUT2D eigenvalue weighted by molar-refractivity contribution is 9.10. The monoisotopic (exact) mass is 265 g/mol. The van der Waals surface area contributed by atoms with E-state index in [1.807, 2.05) is 19.1 Å². The van der Waals surface area contributed by atoms with Crippen molar-refractivity contribution in [1.29, 1.82) is 0 Å². The molecule has 1 aromatic carbocycles. The number of hydrogen-bond donors (Lipinski definition) is 1. The zero-order chi connectivity index (χ0) is 11.3. The molecule has 0 aliphatic rings. The zero-order valence-corrected chi connectivity index (χ0v) is 10.3. The molecule has 78 valence electrons. The summed E-state index contributed by atoms with van der Waals surface area (Å²) in [5.41, 5.74) is 1.69. The number of carbonyl (C=O) groups is 1. The predicted octanol–water partition coefficient (Wildman–Crippen LogP) is 2.51. The second kappa shape index (κ2) is 5.57. The van der Waals surface area contributed by atoms with Crippen LogP contribution in [0.1, 0.15) is 22.8 Å². The lowest BCUT2D eigenvalue weighted by Crippen LogP contribution is -2.24. The van der Waals surface area contributed by atoms with Crippen LogP contribution in [0.4, 0.5) is 0 Å². The molecular weight excluding hydrogens is 254 g/mol. The van der Waals surface area contributed by atoms with Gasteiger partial charge in [-0.1, -0.05) is 18.1 Å². The van der Waals surface area contributed by atoms with Crippen LogP contribution in [0.3, 0.4) is 0 Å². The van der Waals surface area contributed by atoms with Gasteiger partial charge in [-0.2, -0.15) is 0 Å². The van der Waals surface area contributed by atoms with Gasteiger partial charge in [-0.3, -0.25) is 4.79 Å². The van der Waals surface area contributed by atoms with E-state index in [4.69, 9.17) is 0 Å². The predicted molar refractivity (Wildman–Crippen MR) is 64.7 cm³/mol. The van der Waals surface area contributed by atoms with Crippen LogP contribution in [0.2, 0.25) is 0 Å². The third-order valence-corrected chi connectivity index (χ3v) is 3.00. The molecule has 0 heterocycles. The van der Waals surface area contributed by atoms with Crippen molar-refractivity contribution in [3.05, 3.63) is 33.8 Å². The molecule has 0 radical (unpaired) electrons. The summed E-state index contributed by atoms with van der Waals surface area (Å²) in [7, 11) is 0. The number of rotatable bonds is 2. The van der Waals surface area contributed by atoms with E-state index in [1.165, 1.54) is 0 Å². The summed E-state index contributed by atoms with van der Waals surface area (Å²) in [6.07, 6.45) is 0. The van der Waals surface area contributed by atoms with Crippen LogP contribution in [-0.2, 0) is 0 Å². The molecule has 1 N–H and O–H groups in total. The molecule has 0 atom stereocenters. The third-order valence-electron chi connectivity index (χ3n) is 1.95. The average Bonchev–Trinajstić information content (AvgIpc) is 2.22. The Balaban J connectivity index is 2.81. The quantitative estimate of drug-likeness (QED) is 0.819. The van der Waals surface area contributed by atoms with Gasteiger partial charge in [-0.05, 0) is 41.4 Å². The van der Waals surface area contributed by atoms with E-state index in [-0.39, 0.29) is 5.91 Å². The van der Waals surface area contributed by atoms with Gasteiger partial charge in [0.15, 0.2) is 0 Å². The normalized spacial score (nSPS) is 9.00. The van der Waals surface area contributed by atoms with Crippen LogP contribution in [0.15, 0.2) is 22.7 Å². The number of nitrogens with one attached hydrogen (secondary N) is 1. The van der Waals surface area contributed by atoms with E-state index in [2.05, 4.69) is 33.1 Å². The van der Waals surface area contributed by atoms with Gasteiger partial charge in [0.1, 0.15) is 0 Å². The van der Waals surface area contributed by atoms with Crippen molar-refractivity contribution in [2.24, 2.45) is 0 Å². The Morgan fingerprint density at radius 1 is 1.53 bits per heavy atom. The van der Waals surface area contributed by atoms with Gasteiger partial charge in [0.25, 0.3) is 5.91 Å². The first kappa shape index (κ1) is 11.8. The molecule has 0 fully saturated rings. The average molecular weight is 266 g/mol. The lowest BCUT2D eigenvalue weighted by molar-refractivity contribution is 0.0958. The van der Waals surface area contributed by atoms with Crippen molar-refractivity contribution >= 4 is 21.8 Å². The number of amides is 1. The van der Waals surface area contributed by atoms with Crippen LogP contribution >= 0.6 is 15.9 Å². The van der Waals surface area contributed by atoms with Gasteiger partial charge in [0.2, 0.25) is 0 Å². The summed E-state index contributed by atoms with van der Waals surface area (Å²) >= 11 is 3.39. The Hall–Kier alpha value is -1.27. The van der Waals surface area contributed by atoms with E-state index in [1.54, 1.807) is 13.0 Å². The maximum absolute atomic E-state index is 11.7. The molecule has 0 aliphatic carbocycles. The highest BCUT2D eigenvalue weighted by Crippen LogP contribution is 2.20. The zero-order valence-electron chi connectivity index (χ0n) is 8.73. The molecule has 15 heavy (non-hydrogen) atoms. The highest BCUT2D eigenvalue weighted by atomic mass is 79.9. The third kappa shape index (κ3) is 3.10. The Bertz CT molecular complexity index is 429. The molecule has 0 unspecified atom stereocenters. The van der Waals surface area contributed by atoms with Gasteiger partial charge < -0.3 is 5.32 Å². The van der Waals surface area contributed by atoms with Crippen LogP contribution < -0.4 is 5.32 Å². The summed E-state index contributed by atoms with van der Waals surface area (Å²) in [6, 6.07) is 5.60. The van der Waals surface area contributed by atoms with E-state index < -0.39 is 0 Å². The van der Waals surface area contributed by atoms with Crippen molar-refractivity contribution < 1.29 is 4.79 Å². The largest absolute Gasteiger partial charge is 0.341 e. The van der Waals surface area contributed by atoms with E-state index in [0.717, 1.165) is 10.0 Å². The van der Waals surface area contributed by atoms with Gasteiger partial charge >= 0.3 is 0 Å². The van der Waals surface area contributed by atoms with Crippen molar-refractivity contribution in [1.82, 2.24) is 5.32 Å². The minimum absolute atomic E-state index is 0.103. The molecule has 0 spiro atoms. The first-order chi connectivity index (χ1) is 7.16. The fourth-order valence-electron chi connectivity index (χ4n) is 1.13. The van der Waals surface area contributed by atoms with E-state index >= 15 is 0 Å². The fraction of sp³-hybridized carbons (Fsp3) is 0.250. The van der Waals surface area contributed by atoms with Crippen molar-refractivity contribution in [3.63, 3.8) is 0 Å². The lowest BCUT2D eigenvalue weighted by Gasteiger charge is -2.05. The highest BCUT2D eigenvalue weighted by Gasteiger charge is 2.09. The molecule has 0 aromatic heterocycles. The summed E-state index contributed by atoms with van der Waals surface area (Å²) in [4.78, 5) is 11.7. The smallest absolute Gasteiger partial charge is 0.253 e. The maximum atomic E-state index is 11.7. The fourth-order valence-corrected chi connectivity index (χ4v) is 1.58. The molecular formula is C12H12BrNO. The maximum Gasteiger partial charge on any atom is 0.253 e. The summed E-state index contributed by atoms with van der Waals surface area (Å²) in [6.45, 7) is 4.08. The van der Waals surface area contributed by atoms with Crippen LogP contribution in [0, 0.1) is 18.8 Å². The van der Waals surface area contributed by atoms with Crippen molar-refractivity contribution in [2.45, 2.75) is 13.8 Å². The second-order valence-corrected chi connectivity index (χ2v) is 3.84. The summed E-state index contributed by atoms with van der Waals surface area (Å²) in [5.74, 6) is 5.41. The molecule has 0 aliphatic heterocycles. The minimum atomic E-state index is -0.103. The summed E-state index contributed by atoms with van der Waals surface area (Å²) < 4.78 is 0.840. The first-order valence-corrected chi connectivity index (χ1v) is 5.39. The lowest BCUT2D eigenvalue weighted by atomic mass is 10.1. The number of halogens is 1. The standard InChI is InChI=1S/C12H12BrNO/c1-3-4-8-14-12(15)10-7-5-6-9(2)11(10)13/h5-7H,8H2,1-2H3,(H,14,15). The van der Waals surface area contributed by atoms with Gasteiger partial charge in [0, 0.05) is 4.47 Å². The SMILES string of the molecule is CC#CCNC(=O)c1cccc(C)c1Br.